The molecule has 2 unspecified atom stereocenters. The highest BCUT2D eigenvalue weighted by Gasteiger charge is 2.17. The number of halogens is 1. The number of allylic oxidation sites excluding steroid dienone is 2. The van der Waals surface area contributed by atoms with Crippen LogP contribution in [-0.4, -0.2) is 19.8 Å². The molecule has 0 saturated carbocycles. The molecule has 0 aliphatic heterocycles. The second kappa shape index (κ2) is 7.71. The summed E-state index contributed by atoms with van der Waals surface area (Å²) < 4.78 is 12.4. The van der Waals surface area contributed by atoms with Gasteiger partial charge in [-0.15, -0.1) is 0 Å². The summed E-state index contributed by atoms with van der Waals surface area (Å²) in [5.41, 5.74) is 0. The minimum absolute atomic E-state index is 0.610. The summed E-state index contributed by atoms with van der Waals surface area (Å²) >= 11 is 3.40. The summed E-state index contributed by atoms with van der Waals surface area (Å²) in [6.45, 7) is 4.41. The van der Waals surface area contributed by atoms with Gasteiger partial charge in [0.25, 0.3) is 0 Å². The number of hydrogen-bond donors (Lipinski definition) is 0. The monoisotopic (exact) mass is 324 g/mol. The highest BCUT2D eigenvalue weighted by molar-refractivity contribution is 9.10. The molecule has 1 aliphatic rings. The Balaban J connectivity index is 1.59. The van der Waals surface area contributed by atoms with Crippen LogP contribution in [0.3, 0.4) is 0 Å². The molecule has 1 aliphatic carbocycles. The van der Waals surface area contributed by atoms with E-state index in [2.05, 4.69) is 35.0 Å². The maximum absolute atomic E-state index is 5.72. The quantitative estimate of drug-likeness (QED) is 0.568. The fourth-order valence-corrected chi connectivity index (χ4v) is 2.49. The third kappa shape index (κ3) is 5.00. The molecule has 0 fully saturated rings. The maximum Gasteiger partial charge on any atom is 0.119 e. The van der Waals surface area contributed by atoms with Crippen LogP contribution in [0.2, 0.25) is 0 Å². The molecule has 0 heterocycles. The Kier molecular flexibility index (Phi) is 5.93. The van der Waals surface area contributed by atoms with Crippen molar-refractivity contribution in [2.75, 3.05) is 19.8 Å². The van der Waals surface area contributed by atoms with Crippen molar-refractivity contribution in [3.05, 3.63) is 40.9 Å². The topological polar surface area (TPSA) is 18.5 Å². The van der Waals surface area contributed by atoms with Crippen molar-refractivity contribution >= 4 is 15.9 Å². The SMILES string of the molecule is CC1CC=CCC1COCCOc1ccc(Br)cc1. The van der Waals surface area contributed by atoms with Crippen molar-refractivity contribution in [1.82, 2.24) is 0 Å². The predicted octanol–water partition coefficient (Wildman–Crippen LogP) is 4.45. The van der Waals surface area contributed by atoms with Crippen molar-refractivity contribution in [2.24, 2.45) is 11.8 Å². The molecule has 0 bridgehead atoms. The van der Waals surface area contributed by atoms with Crippen LogP contribution in [0.15, 0.2) is 40.9 Å². The maximum atomic E-state index is 5.72. The lowest BCUT2D eigenvalue weighted by Crippen LogP contribution is -2.21. The molecule has 3 heteroatoms. The first-order valence-electron chi connectivity index (χ1n) is 6.87. The van der Waals surface area contributed by atoms with Gasteiger partial charge in [-0.3, -0.25) is 0 Å². The van der Waals surface area contributed by atoms with E-state index in [-0.39, 0.29) is 0 Å². The van der Waals surface area contributed by atoms with Crippen molar-refractivity contribution in [2.45, 2.75) is 19.8 Å². The second-order valence-electron chi connectivity index (χ2n) is 5.06. The minimum atomic E-state index is 0.610. The number of hydrogen-bond acceptors (Lipinski definition) is 2. The summed E-state index contributed by atoms with van der Waals surface area (Å²) in [6, 6.07) is 7.87. The summed E-state index contributed by atoms with van der Waals surface area (Å²) in [5.74, 6) is 2.29. The van der Waals surface area contributed by atoms with Crippen molar-refractivity contribution < 1.29 is 9.47 Å². The Hall–Kier alpha value is -0.800. The molecular formula is C16H21BrO2. The highest BCUT2D eigenvalue weighted by Crippen LogP contribution is 2.25. The molecule has 104 valence electrons. The molecule has 19 heavy (non-hydrogen) atoms. The van der Waals surface area contributed by atoms with Gasteiger partial charge in [0.05, 0.1) is 13.2 Å². The standard InChI is InChI=1S/C16H21BrO2/c1-13-4-2-3-5-14(13)12-18-10-11-19-16-8-6-15(17)7-9-16/h2-3,6-9,13-14H,4-5,10-12H2,1H3. The van der Waals surface area contributed by atoms with Gasteiger partial charge in [0.1, 0.15) is 12.4 Å². The summed E-state index contributed by atoms with van der Waals surface area (Å²) in [5, 5.41) is 0. The Morgan fingerprint density at radius 3 is 2.58 bits per heavy atom. The summed E-state index contributed by atoms with van der Waals surface area (Å²) in [6.07, 6.45) is 6.88. The zero-order chi connectivity index (χ0) is 13.5. The van der Waals surface area contributed by atoms with E-state index in [1.54, 1.807) is 0 Å². The Morgan fingerprint density at radius 1 is 1.11 bits per heavy atom. The van der Waals surface area contributed by atoms with Crippen molar-refractivity contribution in [1.29, 1.82) is 0 Å². The normalized spacial score (nSPS) is 22.4. The van der Waals surface area contributed by atoms with Gasteiger partial charge in [-0.2, -0.15) is 0 Å². The largest absolute Gasteiger partial charge is 0.491 e. The molecule has 2 rings (SSSR count). The van der Waals surface area contributed by atoms with Crippen LogP contribution in [-0.2, 0) is 4.74 Å². The van der Waals surface area contributed by atoms with Gasteiger partial charge in [0.2, 0.25) is 0 Å². The van der Waals surface area contributed by atoms with Crippen LogP contribution in [0, 0.1) is 11.8 Å². The van der Waals surface area contributed by atoms with E-state index in [0.717, 1.165) is 29.2 Å². The second-order valence-corrected chi connectivity index (χ2v) is 5.97. The molecule has 2 atom stereocenters. The zero-order valence-electron chi connectivity index (χ0n) is 11.3. The first kappa shape index (κ1) is 14.6. The first-order chi connectivity index (χ1) is 9.25. The molecule has 0 spiro atoms. The van der Waals surface area contributed by atoms with Gasteiger partial charge in [-0.05, 0) is 48.9 Å². The van der Waals surface area contributed by atoms with Crippen molar-refractivity contribution in [3.63, 3.8) is 0 Å². The lowest BCUT2D eigenvalue weighted by atomic mass is 9.85. The van der Waals surface area contributed by atoms with Crippen LogP contribution >= 0.6 is 15.9 Å². The molecule has 0 amide bonds. The molecule has 0 aromatic heterocycles. The number of benzene rings is 1. The van der Waals surface area contributed by atoms with E-state index < -0.39 is 0 Å². The average Bonchev–Trinajstić information content (AvgIpc) is 2.42. The van der Waals surface area contributed by atoms with Crippen LogP contribution in [0.5, 0.6) is 5.75 Å². The Labute approximate surface area is 123 Å². The van der Waals surface area contributed by atoms with Gasteiger partial charge in [-0.25, -0.2) is 0 Å². The van der Waals surface area contributed by atoms with Crippen LogP contribution in [0.25, 0.3) is 0 Å². The smallest absolute Gasteiger partial charge is 0.119 e. The summed E-state index contributed by atoms with van der Waals surface area (Å²) in [4.78, 5) is 0. The van der Waals surface area contributed by atoms with Crippen molar-refractivity contribution in [3.8, 4) is 5.75 Å². The highest BCUT2D eigenvalue weighted by atomic mass is 79.9. The van der Waals surface area contributed by atoms with E-state index in [9.17, 15) is 0 Å². The van der Waals surface area contributed by atoms with Gasteiger partial charge in [0.15, 0.2) is 0 Å². The van der Waals surface area contributed by atoms with Gasteiger partial charge >= 0.3 is 0 Å². The Bertz CT molecular complexity index is 400. The third-order valence-electron chi connectivity index (χ3n) is 3.56. The molecule has 0 radical (unpaired) electrons. The number of ether oxygens (including phenoxy) is 2. The molecule has 1 aromatic rings. The van der Waals surface area contributed by atoms with Gasteiger partial charge < -0.3 is 9.47 Å². The zero-order valence-corrected chi connectivity index (χ0v) is 12.9. The fraction of sp³-hybridized carbons (Fsp3) is 0.500. The fourth-order valence-electron chi connectivity index (χ4n) is 2.22. The lowest BCUT2D eigenvalue weighted by Gasteiger charge is -2.24. The van der Waals surface area contributed by atoms with E-state index in [0.29, 0.717) is 19.1 Å². The van der Waals surface area contributed by atoms with Gasteiger partial charge in [0, 0.05) is 4.47 Å². The third-order valence-corrected chi connectivity index (χ3v) is 4.09. The minimum Gasteiger partial charge on any atom is -0.491 e. The molecular weight excluding hydrogens is 304 g/mol. The van der Waals surface area contributed by atoms with Crippen LogP contribution in [0.4, 0.5) is 0 Å². The van der Waals surface area contributed by atoms with E-state index in [1.165, 1.54) is 6.42 Å². The van der Waals surface area contributed by atoms with E-state index >= 15 is 0 Å². The molecule has 0 N–H and O–H groups in total. The number of rotatable bonds is 6. The van der Waals surface area contributed by atoms with Gasteiger partial charge in [-0.1, -0.05) is 35.0 Å². The molecule has 2 nitrogen and oxygen atoms in total. The summed E-state index contributed by atoms with van der Waals surface area (Å²) in [7, 11) is 0. The van der Waals surface area contributed by atoms with E-state index in [1.807, 2.05) is 24.3 Å². The Morgan fingerprint density at radius 2 is 1.84 bits per heavy atom. The lowest BCUT2D eigenvalue weighted by molar-refractivity contribution is 0.0586. The predicted molar refractivity (Wildman–Crippen MR) is 81.5 cm³/mol. The first-order valence-corrected chi connectivity index (χ1v) is 7.66. The van der Waals surface area contributed by atoms with E-state index in [4.69, 9.17) is 9.47 Å². The molecule has 1 aromatic carbocycles. The average molecular weight is 325 g/mol. The van der Waals surface area contributed by atoms with Crippen LogP contribution < -0.4 is 4.74 Å². The molecule has 0 saturated heterocycles. The van der Waals surface area contributed by atoms with Crippen LogP contribution in [0.1, 0.15) is 19.8 Å².